The third kappa shape index (κ3) is 4.57. The SMILES string of the molecule is Clc1ccccc1.O=C(O)c1ccccc1O. The van der Waals surface area contributed by atoms with Crippen LogP contribution in [0.2, 0.25) is 5.02 Å². The average Bonchev–Trinajstić information content (AvgIpc) is 2.31. The van der Waals surface area contributed by atoms with Crippen LogP contribution in [0.3, 0.4) is 0 Å². The minimum atomic E-state index is -1.11. The molecule has 88 valence electrons. The van der Waals surface area contributed by atoms with E-state index in [-0.39, 0.29) is 11.3 Å². The van der Waals surface area contributed by atoms with Gasteiger partial charge >= 0.3 is 5.97 Å². The molecule has 0 aliphatic heterocycles. The molecule has 17 heavy (non-hydrogen) atoms. The van der Waals surface area contributed by atoms with Gasteiger partial charge in [0, 0.05) is 5.02 Å². The third-order valence-corrected chi connectivity index (χ3v) is 2.12. The minimum absolute atomic E-state index is 0.0671. The lowest BCUT2D eigenvalue weighted by molar-refractivity contribution is 0.0694. The quantitative estimate of drug-likeness (QED) is 0.815. The van der Waals surface area contributed by atoms with Gasteiger partial charge < -0.3 is 10.2 Å². The number of hydrogen-bond donors (Lipinski definition) is 2. The summed E-state index contributed by atoms with van der Waals surface area (Å²) < 4.78 is 0. The standard InChI is InChI=1S/C7H6O3.C6H5Cl/c8-6-4-2-1-3-5(6)7(9)10;7-6-4-2-1-3-5-6/h1-4,8H,(H,9,10);1-5H. The number of carboxylic acid groups (broad SMARTS) is 1. The molecule has 2 aromatic rings. The average molecular weight is 251 g/mol. The van der Waals surface area contributed by atoms with E-state index in [2.05, 4.69) is 0 Å². The number of carbonyl (C=O) groups is 1. The van der Waals surface area contributed by atoms with Gasteiger partial charge in [0.2, 0.25) is 0 Å². The molecule has 0 fully saturated rings. The molecule has 2 rings (SSSR count). The van der Waals surface area contributed by atoms with Gasteiger partial charge in [-0.2, -0.15) is 0 Å². The summed E-state index contributed by atoms with van der Waals surface area (Å²) in [5.74, 6) is -1.31. The maximum atomic E-state index is 10.3. The molecular formula is C13H11ClO3. The van der Waals surface area contributed by atoms with E-state index in [4.69, 9.17) is 21.8 Å². The number of halogens is 1. The maximum Gasteiger partial charge on any atom is 0.339 e. The van der Waals surface area contributed by atoms with Gasteiger partial charge in [-0.15, -0.1) is 0 Å². The first-order valence-corrected chi connectivity index (χ1v) is 5.21. The molecule has 3 nitrogen and oxygen atoms in total. The van der Waals surface area contributed by atoms with E-state index >= 15 is 0 Å². The second-order valence-electron chi connectivity index (χ2n) is 3.12. The Hall–Kier alpha value is -2.00. The normalized spacial score (nSPS) is 9.00. The summed E-state index contributed by atoms with van der Waals surface area (Å²) in [7, 11) is 0. The van der Waals surface area contributed by atoms with Crippen LogP contribution in [0.15, 0.2) is 54.6 Å². The molecule has 0 atom stereocenters. The van der Waals surface area contributed by atoms with Crippen molar-refractivity contribution in [2.75, 3.05) is 0 Å². The van der Waals surface area contributed by atoms with Gasteiger partial charge in [-0.3, -0.25) is 0 Å². The van der Waals surface area contributed by atoms with E-state index < -0.39 is 5.97 Å². The summed E-state index contributed by atoms with van der Waals surface area (Å²) in [5, 5.41) is 18.1. The third-order valence-electron chi connectivity index (χ3n) is 1.87. The van der Waals surface area contributed by atoms with Crippen LogP contribution >= 0.6 is 11.6 Å². The van der Waals surface area contributed by atoms with Gasteiger partial charge in [0.1, 0.15) is 11.3 Å². The highest BCUT2D eigenvalue weighted by molar-refractivity contribution is 6.30. The Bertz CT molecular complexity index is 483. The zero-order valence-electron chi connectivity index (χ0n) is 8.88. The fourth-order valence-corrected chi connectivity index (χ4v) is 1.21. The molecule has 0 unspecified atom stereocenters. The number of benzene rings is 2. The summed E-state index contributed by atoms with van der Waals surface area (Å²) in [6.07, 6.45) is 0. The highest BCUT2D eigenvalue weighted by atomic mass is 35.5. The van der Waals surface area contributed by atoms with Crippen LogP contribution in [0.25, 0.3) is 0 Å². The fraction of sp³-hybridized carbons (Fsp3) is 0. The fourth-order valence-electron chi connectivity index (χ4n) is 1.07. The Labute approximate surface area is 104 Å². The van der Waals surface area contributed by atoms with Crippen molar-refractivity contribution in [2.24, 2.45) is 0 Å². The van der Waals surface area contributed by atoms with E-state index in [1.807, 2.05) is 30.3 Å². The lowest BCUT2D eigenvalue weighted by atomic mass is 10.2. The van der Waals surface area contributed by atoms with Gasteiger partial charge in [-0.25, -0.2) is 4.79 Å². The Morgan fingerprint density at radius 1 is 0.941 bits per heavy atom. The van der Waals surface area contributed by atoms with Gasteiger partial charge in [0.05, 0.1) is 0 Å². The lowest BCUT2D eigenvalue weighted by Gasteiger charge is -1.95. The maximum absolute atomic E-state index is 10.3. The van der Waals surface area contributed by atoms with Crippen LogP contribution in [-0.2, 0) is 0 Å². The summed E-state index contributed by atoms with van der Waals surface area (Å²) in [4.78, 5) is 10.3. The molecule has 0 spiro atoms. The topological polar surface area (TPSA) is 57.5 Å². The molecule has 4 heteroatoms. The number of hydrogen-bond acceptors (Lipinski definition) is 2. The number of carboxylic acids is 1. The van der Waals surface area contributed by atoms with E-state index in [1.54, 1.807) is 12.1 Å². The first-order valence-electron chi connectivity index (χ1n) is 4.83. The number of phenols is 1. The van der Waals surface area contributed by atoms with E-state index in [9.17, 15) is 4.79 Å². The molecule has 0 radical (unpaired) electrons. The van der Waals surface area contributed by atoms with Crippen molar-refractivity contribution in [3.63, 3.8) is 0 Å². The van der Waals surface area contributed by atoms with Crippen LogP contribution in [0.1, 0.15) is 10.4 Å². The Morgan fingerprint density at radius 3 is 1.82 bits per heavy atom. The van der Waals surface area contributed by atoms with Gasteiger partial charge in [-0.1, -0.05) is 41.9 Å². The number of aromatic carboxylic acids is 1. The molecule has 0 aliphatic rings. The summed E-state index contributed by atoms with van der Waals surface area (Å²) in [6, 6.07) is 15.3. The smallest absolute Gasteiger partial charge is 0.339 e. The Balaban J connectivity index is 0.000000181. The molecule has 2 N–H and O–H groups in total. The van der Waals surface area contributed by atoms with Crippen LogP contribution in [0, 0.1) is 0 Å². The van der Waals surface area contributed by atoms with Crippen molar-refractivity contribution in [1.29, 1.82) is 0 Å². The predicted molar refractivity (Wildman–Crippen MR) is 66.5 cm³/mol. The second kappa shape index (κ2) is 6.55. The summed E-state index contributed by atoms with van der Waals surface area (Å²) >= 11 is 5.54. The van der Waals surface area contributed by atoms with E-state index in [0.29, 0.717) is 0 Å². The molecule has 2 aromatic carbocycles. The minimum Gasteiger partial charge on any atom is -0.507 e. The number of para-hydroxylation sites is 1. The Morgan fingerprint density at radius 2 is 1.47 bits per heavy atom. The van der Waals surface area contributed by atoms with Gasteiger partial charge in [0.15, 0.2) is 0 Å². The van der Waals surface area contributed by atoms with Gasteiger partial charge in [-0.05, 0) is 24.3 Å². The zero-order valence-corrected chi connectivity index (χ0v) is 9.63. The first kappa shape index (κ1) is 13.1. The van der Waals surface area contributed by atoms with Crippen molar-refractivity contribution < 1.29 is 15.0 Å². The summed E-state index contributed by atoms with van der Waals surface area (Å²) in [6.45, 7) is 0. The van der Waals surface area contributed by atoms with Crippen molar-refractivity contribution in [3.8, 4) is 5.75 Å². The van der Waals surface area contributed by atoms with E-state index in [1.165, 1.54) is 12.1 Å². The monoisotopic (exact) mass is 250 g/mol. The highest BCUT2D eigenvalue weighted by Crippen LogP contribution is 2.14. The molecule has 0 amide bonds. The lowest BCUT2D eigenvalue weighted by Crippen LogP contribution is -1.95. The summed E-state index contributed by atoms with van der Waals surface area (Å²) in [5.41, 5.74) is -0.0671. The van der Waals surface area contributed by atoms with Crippen molar-refractivity contribution in [3.05, 3.63) is 65.2 Å². The zero-order chi connectivity index (χ0) is 12.7. The molecular weight excluding hydrogens is 240 g/mol. The van der Waals surface area contributed by atoms with Crippen molar-refractivity contribution >= 4 is 17.6 Å². The molecule has 0 bridgehead atoms. The molecule has 0 aromatic heterocycles. The molecule has 0 saturated heterocycles. The molecule has 0 saturated carbocycles. The predicted octanol–water partition coefficient (Wildman–Crippen LogP) is 3.43. The van der Waals surface area contributed by atoms with Crippen LogP contribution in [0.5, 0.6) is 5.75 Å². The second-order valence-corrected chi connectivity index (χ2v) is 3.55. The van der Waals surface area contributed by atoms with Crippen molar-refractivity contribution in [2.45, 2.75) is 0 Å². The number of rotatable bonds is 1. The van der Waals surface area contributed by atoms with Crippen LogP contribution in [-0.4, -0.2) is 16.2 Å². The van der Waals surface area contributed by atoms with Gasteiger partial charge in [0.25, 0.3) is 0 Å². The Kier molecular flexibility index (Phi) is 5.04. The van der Waals surface area contributed by atoms with Crippen molar-refractivity contribution in [1.82, 2.24) is 0 Å². The highest BCUT2D eigenvalue weighted by Gasteiger charge is 2.05. The molecule has 0 heterocycles. The first-order chi connectivity index (χ1) is 8.11. The van der Waals surface area contributed by atoms with Crippen LogP contribution in [0.4, 0.5) is 0 Å². The van der Waals surface area contributed by atoms with E-state index in [0.717, 1.165) is 5.02 Å². The largest absolute Gasteiger partial charge is 0.507 e. The molecule has 0 aliphatic carbocycles. The van der Waals surface area contributed by atoms with Crippen LogP contribution < -0.4 is 0 Å². The number of aromatic hydroxyl groups is 1.